The summed E-state index contributed by atoms with van der Waals surface area (Å²) in [5.74, 6) is -0.138. The summed E-state index contributed by atoms with van der Waals surface area (Å²) in [5, 5.41) is 11.1. The average Bonchev–Trinajstić information content (AvgIpc) is 2.96. The molecule has 114 valence electrons. The first-order valence-electron chi connectivity index (χ1n) is 6.80. The van der Waals surface area contributed by atoms with Crippen molar-refractivity contribution in [2.24, 2.45) is 5.92 Å². The van der Waals surface area contributed by atoms with E-state index in [2.05, 4.69) is 0 Å². The summed E-state index contributed by atoms with van der Waals surface area (Å²) < 4.78 is 15.9. The van der Waals surface area contributed by atoms with Gasteiger partial charge in [0.25, 0.3) is 0 Å². The van der Waals surface area contributed by atoms with E-state index in [0.717, 1.165) is 0 Å². The van der Waals surface area contributed by atoms with Crippen molar-refractivity contribution in [3.63, 3.8) is 0 Å². The number of ketones is 1. The SMILES string of the molecule is CC(C)C(=O)COc1c2ccoc2c(O)c2oc(=O)ccc12. The van der Waals surface area contributed by atoms with E-state index in [4.69, 9.17) is 13.6 Å². The van der Waals surface area contributed by atoms with Gasteiger partial charge < -0.3 is 18.7 Å². The van der Waals surface area contributed by atoms with E-state index in [9.17, 15) is 14.7 Å². The highest BCUT2D eigenvalue weighted by molar-refractivity contribution is 6.06. The lowest BCUT2D eigenvalue weighted by atomic mass is 10.1. The topological polar surface area (TPSA) is 89.9 Å². The molecule has 0 spiro atoms. The number of benzene rings is 1. The van der Waals surface area contributed by atoms with Crippen molar-refractivity contribution in [3.8, 4) is 11.5 Å². The van der Waals surface area contributed by atoms with Gasteiger partial charge in [0.15, 0.2) is 16.9 Å². The number of phenols is 1. The van der Waals surface area contributed by atoms with Crippen LogP contribution in [0.4, 0.5) is 0 Å². The van der Waals surface area contributed by atoms with Gasteiger partial charge >= 0.3 is 5.63 Å². The van der Waals surface area contributed by atoms with Gasteiger partial charge in [-0.3, -0.25) is 4.79 Å². The van der Waals surface area contributed by atoms with E-state index in [1.54, 1.807) is 19.9 Å². The van der Waals surface area contributed by atoms with Crippen LogP contribution in [-0.4, -0.2) is 17.5 Å². The zero-order valence-corrected chi connectivity index (χ0v) is 12.1. The summed E-state index contributed by atoms with van der Waals surface area (Å²) in [4.78, 5) is 23.1. The Kier molecular flexibility index (Phi) is 3.36. The molecule has 1 aromatic carbocycles. The molecule has 0 saturated heterocycles. The van der Waals surface area contributed by atoms with E-state index >= 15 is 0 Å². The van der Waals surface area contributed by atoms with Crippen LogP contribution in [0.15, 0.2) is 38.1 Å². The summed E-state index contributed by atoms with van der Waals surface area (Å²) >= 11 is 0. The maximum absolute atomic E-state index is 11.8. The fraction of sp³-hybridized carbons (Fsp3) is 0.250. The highest BCUT2D eigenvalue weighted by atomic mass is 16.5. The number of carbonyl (C=O) groups excluding carboxylic acids is 1. The Balaban J connectivity index is 2.21. The molecular formula is C16H14O6. The van der Waals surface area contributed by atoms with Gasteiger partial charge in [0.2, 0.25) is 5.75 Å². The van der Waals surface area contributed by atoms with Crippen molar-refractivity contribution in [3.05, 3.63) is 34.9 Å². The number of aromatic hydroxyl groups is 1. The van der Waals surface area contributed by atoms with E-state index in [-0.39, 0.29) is 35.2 Å². The molecule has 2 aromatic heterocycles. The number of phenolic OH excluding ortho intramolecular Hbond substituents is 1. The smallest absolute Gasteiger partial charge is 0.336 e. The fourth-order valence-corrected chi connectivity index (χ4v) is 2.16. The number of hydrogen-bond donors (Lipinski definition) is 1. The van der Waals surface area contributed by atoms with Crippen molar-refractivity contribution in [1.82, 2.24) is 0 Å². The Morgan fingerprint density at radius 1 is 1.23 bits per heavy atom. The second-order valence-electron chi connectivity index (χ2n) is 5.25. The van der Waals surface area contributed by atoms with Gasteiger partial charge in [0.1, 0.15) is 12.4 Å². The first-order valence-corrected chi connectivity index (χ1v) is 6.80. The third-order valence-electron chi connectivity index (χ3n) is 3.42. The Morgan fingerprint density at radius 3 is 2.68 bits per heavy atom. The van der Waals surface area contributed by atoms with Gasteiger partial charge in [-0.25, -0.2) is 4.79 Å². The Hall–Kier alpha value is -2.76. The first kappa shape index (κ1) is 14.2. The first-order chi connectivity index (χ1) is 10.5. The maximum atomic E-state index is 11.8. The number of fused-ring (bicyclic) bond motifs is 2. The van der Waals surface area contributed by atoms with E-state index in [0.29, 0.717) is 16.5 Å². The van der Waals surface area contributed by atoms with Gasteiger partial charge in [-0.1, -0.05) is 13.8 Å². The predicted molar refractivity (Wildman–Crippen MR) is 79.3 cm³/mol. The third-order valence-corrected chi connectivity index (χ3v) is 3.42. The van der Waals surface area contributed by atoms with Crippen molar-refractivity contribution in [2.75, 3.05) is 6.61 Å². The van der Waals surface area contributed by atoms with Crippen molar-refractivity contribution in [2.45, 2.75) is 13.8 Å². The third kappa shape index (κ3) is 2.22. The van der Waals surface area contributed by atoms with Crippen LogP contribution in [0.2, 0.25) is 0 Å². The molecule has 0 saturated carbocycles. The van der Waals surface area contributed by atoms with Gasteiger partial charge in [-0.2, -0.15) is 0 Å². The van der Waals surface area contributed by atoms with Gasteiger partial charge in [-0.15, -0.1) is 0 Å². The van der Waals surface area contributed by atoms with Gasteiger partial charge in [0, 0.05) is 12.0 Å². The largest absolute Gasteiger partial charge is 0.502 e. The zero-order chi connectivity index (χ0) is 15.9. The van der Waals surface area contributed by atoms with Crippen LogP contribution in [0.3, 0.4) is 0 Å². The van der Waals surface area contributed by atoms with E-state index < -0.39 is 5.63 Å². The number of ether oxygens (including phenoxy) is 1. The number of hydrogen-bond acceptors (Lipinski definition) is 6. The van der Waals surface area contributed by atoms with Crippen LogP contribution in [0.1, 0.15) is 13.8 Å². The molecular weight excluding hydrogens is 288 g/mol. The van der Waals surface area contributed by atoms with Crippen LogP contribution >= 0.6 is 0 Å². The molecule has 0 unspecified atom stereocenters. The lowest BCUT2D eigenvalue weighted by Crippen LogP contribution is -2.17. The Labute approximate surface area is 124 Å². The summed E-state index contributed by atoms with van der Waals surface area (Å²) in [5.41, 5.74) is -0.478. The molecule has 0 atom stereocenters. The van der Waals surface area contributed by atoms with Crippen molar-refractivity contribution >= 4 is 27.7 Å². The minimum atomic E-state index is -0.599. The molecule has 0 aliphatic rings. The minimum Gasteiger partial charge on any atom is -0.502 e. The van der Waals surface area contributed by atoms with Gasteiger partial charge in [-0.05, 0) is 12.1 Å². The summed E-state index contributed by atoms with van der Waals surface area (Å²) in [7, 11) is 0. The van der Waals surface area contributed by atoms with E-state index in [1.807, 2.05) is 0 Å². The van der Waals surface area contributed by atoms with E-state index in [1.165, 1.54) is 18.4 Å². The Bertz CT molecular complexity index is 915. The number of rotatable bonds is 4. The average molecular weight is 302 g/mol. The molecule has 0 radical (unpaired) electrons. The fourth-order valence-electron chi connectivity index (χ4n) is 2.16. The maximum Gasteiger partial charge on any atom is 0.336 e. The number of Topliss-reactive ketones (excluding diaryl/α,β-unsaturated/α-hetero) is 1. The highest BCUT2D eigenvalue weighted by Gasteiger charge is 2.20. The second-order valence-corrected chi connectivity index (χ2v) is 5.25. The summed E-state index contributed by atoms with van der Waals surface area (Å²) in [6.45, 7) is 3.46. The van der Waals surface area contributed by atoms with Crippen LogP contribution in [0, 0.1) is 5.92 Å². The summed E-state index contributed by atoms with van der Waals surface area (Å²) in [6, 6.07) is 4.34. The Morgan fingerprint density at radius 2 is 1.95 bits per heavy atom. The second kappa shape index (κ2) is 5.22. The normalized spacial score (nSPS) is 11.4. The molecule has 0 bridgehead atoms. The van der Waals surface area contributed by atoms with Gasteiger partial charge in [0.05, 0.1) is 17.0 Å². The van der Waals surface area contributed by atoms with Crippen LogP contribution in [0.5, 0.6) is 11.5 Å². The molecule has 1 N–H and O–H groups in total. The minimum absolute atomic E-state index is 0.0260. The monoisotopic (exact) mass is 302 g/mol. The lowest BCUT2D eigenvalue weighted by molar-refractivity contribution is -0.123. The molecule has 0 amide bonds. The molecule has 2 heterocycles. The van der Waals surface area contributed by atoms with Crippen molar-refractivity contribution in [1.29, 1.82) is 0 Å². The molecule has 22 heavy (non-hydrogen) atoms. The quantitative estimate of drug-likeness (QED) is 0.745. The van der Waals surface area contributed by atoms with Crippen LogP contribution < -0.4 is 10.4 Å². The highest BCUT2D eigenvalue weighted by Crippen LogP contribution is 2.41. The standard InChI is InChI=1S/C16H14O6/c1-8(2)11(17)7-21-14-9-3-4-12(18)22-16(9)13(19)15-10(14)5-6-20-15/h3-6,8,19H,7H2,1-2H3. The lowest BCUT2D eigenvalue weighted by Gasteiger charge is -2.11. The van der Waals surface area contributed by atoms with Crippen molar-refractivity contribution < 1.29 is 23.5 Å². The number of furan rings is 1. The van der Waals surface area contributed by atoms with Crippen LogP contribution in [-0.2, 0) is 4.79 Å². The molecule has 3 aromatic rings. The molecule has 3 rings (SSSR count). The van der Waals surface area contributed by atoms with Crippen LogP contribution in [0.25, 0.3) is 21.9 Å². The zero-order valence-electron chi connectivity index (χ0n) is 12.1. The molecule has 0 fully saturated rings. The molecule has 0 aliphatic heterocycles. The number of carbonyl (C=O) groups is 1. The summed E-state index contributed by atoms with van der Waals surface area (Å²) in [6.07, 6.45) is 1.39. The molecule has 0 aliphatic carbocycles. The molecule has 6 nitrogen and oxygen atoms in total. The predicted octanol–water partition coefficient (Wildman–Crippen LogP) is 2.85. The molecule has 6 heteroatoms.